The molecule has 0 spiro atoms. The summed E-state index contributed by atoms with van der Waals surface area (Å²) in [4.78, 5) is 0. The van der Waals surface area contributed by atoms with E-state index in [-0.39, 0.29) is 6.04 Å². The monoisotopic (exact) mass is 267 g/mol. The summed E-state index contributed by atoms with van der Waals surface area (Å²) in [5.74, 6) is 1.57. The highest BCUT2D eigenvalue weighted by atomic mass is 16.5. The van der Waals surface area contributed by atoms with Crippen LogP contribution < -0.4 is 10.1 Å². The molecule has 2 aromatic rings. The lowest BCUT2D eigenvalue weighted by molar-refractivity contribution is 0.286. The molecular weight excluding hydrogens is 246 g/mol. The molecule has 2 unspecified atom stereocenters. The van der Waals surface area contributed by atoms with E-state index >= 15 is 0 Å². The summed E-state index contributed by atoms with van der Waals surface area (Å²) in [6, 6.07) is 17.3. The Balaban J connectivity index is 1.78. The van der Waals surface area contributed by atoms with Gasteiger partial charge in [-0.05, 0) is 35.6 Å². The molecule has 1 aliphatic heterocycles. The van der Waals surface area contributed by atoms with E-state index in [4.69, 9.17) is 4.74 Å². The van der Waals surface area contributed by atoms with Crippen LogP contribution in [-0.2, 0) is 0 Å². The Morgan fingerprint density at radius 3 is 2.65 bits per heavy atom. The molecule has 1 heterocycles. The molecule has 0 aliphatic carbocycles. The standard InChI is InChI=1S/C18H21NO/c1-3-13(2)14-8-10-15(11-9-14)17-12-20-18-7-5-4-6-16(18)19-17/h4-11,13,17,19H,3,12H2,1-2H3. The smallest absolute Gasteiger partial charge is 0.142 e. The van der Waals surface area contributed by atoms with Crippen LogP contribution >= 0.6 is 0 Å². The molecule has 0 aromatic heterocycles. The van der Waals surface area contributed by atoms with Crippen LogP contribution in [0.5, 0.6) is 5.75 Å². The van der Waals surface area contributed by atoms with Gasteiger partial charge in [-0.2, -0.15) is 0 Å². The minimum absolute atomic E-state index is 0.232. The van der Waals surface area contributed by atoms with E-state index in [9.17, 15) is 0 Å². The number of benzene rings is 2. The van der Waals surface area contributed by atoms with E-state index in [0.717, 1.165) is 11.4 Å². The van der Waals surface area contributed by atoms with Gasteiger partial charge < -0.3 is 10.1 Å². The Hall–Kier alpha value is -1.96. The Kier molecular flexibility index (Phi) is 3.64. The van der Waals surface area contributed by atoms with Gasteiger partial charge in [-0.15, -0.1) is 0 Å². The average Bonchev–Trinajstić information content (AvgIpc) is 2.54. The van der Waals surface area contributed by atoms with Crippen LogP contribution in [0.2, 0.25) is 0 Å². The van der Waals surface area contributed by atoms with Gasteiger partial charge in [0.15, 0.2) is 0 Å². The van der Waals surface area contributed by atoms with E-state index in [1.165, 1.54) is 17.5 Å². The van der Waals surface area contributed by atoms with Gasteiger partial charge in [0.1, 0.15) is 12.4 Å². The number of hydrogen-bond donors (Lipinski definition) is 1. The molecule has 2 heteroatoms. The van der Waals surface area contributed by atoms with E-state index < -0.39 is 0 Å². The molecule has 2 nitrogen and oxygen atoms in total. The lowest BCUT2D eigenvalue weighted by atomic mass is 9.96. The minimum Gasteiger partial charge on any atom is -0.489 e. The van der Waals surface area contributed by atoms with Crippen molar-refractivity contribution in [1.29, 1.82) is 0 Å². The molecule has 104 valence electrons. The molecule has 20 heavy (non-hydrogen) atoms. The van der Waals surface area contributed by atoms with E-state index in [2.05, 4.69) is 49.5 Å². The fraction of sp³-hybridized carbons (Fsp3) is 0.333. The van der Waals surface area contributed by atoms with E-state index in [1.807, 2.05) is 18.2 Å². The number of rotatable bonds is 3. The molecule has 1 N–H and O–H groups in total. The molecule has 2 atom stereocenters. The van der Waals surface area contributed by atoms with E-state index in [1.54, 1.807) is 0 Å². The Morgan fingerprint density at radius 2 is 1.90 bits per heavy atom. The van der Waals surface area contributed by atoms with Crippen LogP contribution in [0.3, 0.4) is 0 Å². The number of nitrogens with one attached hydrogen (secondary N) is 1. The molecule has 0 amide bonds. The SMILES string of the molecule is CCC(C)c1ccc(C2COc3ccccc3N2)cc1. The zero-order chi connectivity index (χ0) is 13.9. The molecule has 0 fully saturated rings. The summed E-state index contributed by atoms with van der Waals surface area (Å²) in [6.07, 6.45) is 1.18. The van der Waals surface area contributed by atoms with Crippen molar-refractivity contribution in [3.63, 3.8) is 0 Å². The predicted octanol–water partition coefficient (Wildman–Crippen LogP) is 4.75. The summed E-state index contributed by atoms with van der Waals surface area (Å²) in [7, 11) is 0. The van der Waals surface area contributed by atoms with Crippen molar-refractivity contribution in [2.75, 3.05) is 11.9 Å². The highest BCUT2D eigenvalue weighted by molar-refractivity contribution is 5.59. The predicted molar refractivity (Wildman–Crippen MR) is 83.4 cm³/mol. The molecule has 0 saturated carbocycles. The fourth-order valence-electron chi connectivity index (χ4n) is 2.59. The van der Waals surface area contributed by atoms with Gasteiger partial charge in [0, 0.05) is 0 Å². The van der Waals surface area contributed by atoms with Gasteiger partial charge in [-0.1, -0.05) is 50.2 Å². The number of fused-ring (bicyclic) bond motifs is 1. The zero-order valence-electron chi connectivity index (χ0n) is 12.1. The van der Waals surface area contributed by atoms with Crippen molar-refractivity contribution in [2.24, 2.45) is 0 Å². The van der Waals surface area contributed by atoms with Gasteiger partial charge in [0.25, 0.3) is 0 Å². The molecule has 2 aromatic carbocycles. The minimum atomic E-state index is 0.232. The second kappa shape index (κ2) is 5.58. The first-order valence-corrected chi connectivity index (χ1v) is 7.36. The van der Waals surface area contributed by atoms with Crippen molar-refractivity contribution in [2.45, 2.75) is 32.2 Å². The molecule has 0 bridgehead atoms. The Labute approximate surface area is 120 Å². The van der Waals surface area contributed by atoms with Crippen molar-refractivity contribution in [3.8, 4) is 5.75 Å². The Morgan fingerprint density at radius 1 is 1.15 bits per heavy atom. The summed E-state index contributed by atoms with van der Waals surface area (Å²) in [5, 5.41) is 3.55. The van der Waals surface area contributed by atoms with Crippen LogP contribution in [-0.4, -0.2) is 6.61 Å². The number of hydrogen-bond acceptors (Lipinski definition) is 2. The number of ether oxygens (including phenoxy) is 1. The van der Waals surface area contributed by atoms with Crippen molar-refractivity contribution < 1.29 is 4.74 Å². The topological polar surface area (TPSA) is 21.3 Å². The maximum absolute atomic E-state index is 5.83. The third kappa shape index (κ3) is 2.51. The van der Waals surface area contributed by atoms with Gasteiger partial charge in [0.2, 0.25) is 0 Å². The normalized spacial score (nSPS) is 18.6. The summed E-state index contributed by atoms with van der Waals surface area (Å²) in [5.41, 5.74) is 3.77. The third-order valence-corrected chi connectivity index (χ3v) is 4.14. The van der Waals surface area contributed by atoms with Crippen LogP contribution in [0.1, 0.15) is 43.4 Å². The molecular formula is C18H21NO. The first kappa shape index (κ1) is 13.0. The van der Waals surface area contributed by atoms with Gasteiger partial charge in [-0.25, -0.2) is 0 Å². The highest BCUT2D eigenvalue weighted by Gasteiger charge is 2.19. The van der Waals surface area contributed by atoms with Crippen LogP contribution in [0.25, 0.3) is 0 Å². The lowest BCUT2D eigenvalue weighted by Crippen LogP contribution is -2.23. The highest BCUT2D eigenvalue weighted by Crippen LogP contribution is 2.33. The molecule has 1 aliphatic rings. The van der Waals surface area contributed by atoms with Gasteiger partial charge in [0.05, 0.1) is 11.7 Å². The van der Waals surface area contributed by atoms with E-state index in [0.29, 0.717) is 12.5 Å². The van der Waals surface area contributed by atoms with Crippen molar-refractivity contribution in [1.82, 2.24) is 0 Å². The van der Waals surface area contributed by atoms with Crippen LogP contribution in [0.4, 0.5) is 5.69 Å². The average molecular weight is 267 g/mol. The number of para-hydroxylation sites is 2. The second-order valence-corrected chi connectivity index (χ2v) is 5.48. The van der Waals surface area contributed by atoms with Crippen LogP contribution in [0, 0.1) is 0 Å². The largest absolute Gasteiger partial charge is 0.489 e. The maximum atomic E-state index is 5.83. The maximum Gasteiger partial charge on any atom is 0.142 e. The Bertz CT molecular complexity index is 576. The number of anilines is 1. The first-order chi connectivity index (χ1) is 9.78. The quantitative estimate of drug-likeness (QED) is 0.866. The lowest BCUT2D eigenvalue weighted by Gasteiger charge is -2.28. The third-order valence-electron chi connectivity index (χ3n) is 4.14. The summed E-state index contributed by atoms with van der Waals surface area (Å²) >= 11 is 0. The van der Waals surface area contributed by atoms with Gasteiger partial charge in [-0.3, -0.25) is 0 Å². The van der Waals surface area contributed by atoms with Crippen molar-refractivity contribution >= 4 is 5.69 Å². The zero-order valence-corrected chi connectivity index (χ0v) is 12.1. The van der Waals surface area contributed by atoms with Crippen molar-refractivity contribution in [3.05, 3.63) is 59.7 Å². The van der Waals surface area contributed by atoms with Gasteiger partial charge >= 0.3 is 0 Å². The first-order valence-electron chi connectivity index (χ1n) is 7.36. The second-order valence-electron chi connectivity index (χ2n) is 5.48. The summed E-state index contributed by atoms with van der Waals surface area (Å²) in [6.45, 7) is 5.18. The molecule has 3 rings (SSSR count). The summed E-state index contributed by atoms with van der Waals surface area (Å²) < 4.78 is 5.83. The fourth-order valence-corrected chi connectivity index (χ4v) is 2.59. The molecule has 0 saturated heterocycles. The molecule has 0 radical (unpaired) electrons. The van der Waals surface area contributed by atoms with Crippen LogP contribution in [0.15, 0.2) is 48.5 Å².